The van der Waals surface area contributed by atoms with Crippen molar-refractivity contribution < 1.29 is 28.8 Å². The Morgan fingerprint density at radius 1 is 1.08 bits per heavy atom. The van der Waals surface area contributed by atoms with Gasteiger partial charge in [-0.05, 0) is 56.3 Å². The zero-order chi connectivity index (χ0) is 29.7. The third-order valence-corrected chi connectivity index (χ3v) is 8.20. The number of hydrogen-bond acceptors (Lipinski definition) is 6. The van der Waals surface area contributed by atoms with Gasteiger partial charge in [0.15, 0.2) is 0 Å². The number of nitrogens with one attached hydrogen (secondary N) is 4. The third-order valence-electron chi connectivity index (χ3n) is 8.20. The van der Waals surface area contributed by atoms with Crippen LogP contribution < -0.4 is 27.0 Å². The number of rotatable bonds is 8. The molecule has 6 atom stereocenters. The minimum Gasteiger partial charge on any atom is -0.363 e. The number of hydrogen-bond donors (Lipinski definition) is 5. The van der Waals surface area contributed by atoms with Gasteiger partial charge < -0.3 is 31.9 Å². The molecule has 2 aliphatic heterocycles. The molecule has 3 aliphatic rings. The quantitative estimate of drug-likeness (QED) is 0.267. The summed E-state index contributed by atoms with van der Waals surface area (Å²) in [6.45, 7) is 15.8. The van der Waals surface area contributed by atoms with Crippen molar-refractivity contribution in [1.82, 2.24) is 26.2 Å². The van der Waals surface area contributed by atoms with E-state index < -0.39 is 64.5 Å². The van der Waals surface area contributed by atoms with Gasteiger partial charge in [0.1, 0.15) is 12.1 Å². The zero-order valence-corrected chi connectivity index (χ0v) is 24.3. The van der Waals surface area contributed by atoms with E-state index in [0.29, 0.717) is 19.5 Å². The van der Waals surface area contributed by atoms with Crippen LogP contribution in [0, 0.1) is 28.6 Å². The minimum absolute atomic E-state index is 0.0589. The van der Waals surface area contributed by atoms with E-state index in [1.54, 1.807) is 0 Å². The van der Waals surface area contributed by atoms with Crippen LogP contribution >= 0.6 is 0 Å². The summed E-state index contributed by atoms with van der Waals surface area (Å²) in [5.41, 5.74) is 3.86. The summed E-state index contributed by atoms with van der Waals surface area (Å²) in [4.78, 5) is 78.4. The maximum Gasteiger partial charge on any atom is 0.315 e. The Morgan fingerprint density at radius 3 is 2.18 bits per heavy atom. The number of ketones is 1. The molecule has 0 aromatic heterocycles. The van der Waals surface area contributed by atoms with Gasteiger partial charge in [-0.15, -0.1) is 0 Å². The Balaban J connectivity index is 1.86. The summed E-state index contributed by atoms with van der Waals surface area (Å²) in [5, 5.41) is 10.9. The topological polar surface area (TPSA) is 180 Å². The van der Waals surface area contributed by atoms with Gasteiger partial charge in [-0.3, -0.25) is 24.0 Å². The highest BCUT2D eigenvalue weighted by Gasteiger charge is 2.70. The van der Waals surface area contributed by atoms with Crippen LogP contribution in [0.4, 0.5) is 4.79 Å². The first-order chi connectivity index (χ1) is 17.8. The van der Waals surface area contributed by atoms with Crippen LogP contribution in [-0.4, -0.2) is 77.1 Å². The van der Waals surface area contributed by atoms with E-state index in [4.69, 9.17) is 5.73 Å². The van der Waals surface area contributed by atoms with Crippen molar-refractivity contribution in [2.24, 2.45) is 34.3 Å². The Labute approximate surface area is 229 Å². The van der Waals surface area contributed by atoms with Crippen molar-refractivity contribution in [1.29, 1.82) is 0 Å². The molecule has 0 aromatic carbocycles. The van der Waals surface area contributed by atoms with Gasteiger partial charge in [-0.1, -0.05) is 34.6 Å². The lowest BCUT2D eigenvalue weighted by molar-refractivity contribution is -0.145. The van der Waals surface area contributed by atoms with Crippen LogP contribution in [0.5, 0.6) is 0 Å². The molecule has 39 heavy (non-hydrogen) atoms. The first kappa shape index (κ1) is 30.4. The van der Waals surface area contributed by atoms with Gasteiger partial charge in [0, 0.05) is 24.5 Å². The number of carbonyl (C=O) groups excluding carboxylic acids is 6. The van der Waals surface area contributed by atoms with Gasteiger partial charge >= 0.3 is 6.03 Å². The Bertz CT molecular complexity index is 1060. The summed E-state index contributed by atoms with van der Waals surface area (Å²) < 4.78 is 0. The minimum atomic E-state index is -1.28. The molecule has 6 N–H and O–H groups in total. The van der Waals surface area contributed by atoms with Gasteiger partial charge in [-0.2, -0.15) is 0 Å². The number of amides is 6. The number of fused-ring (bicyclic) bond motifs is 1. The van der Waals surface area contributed by atoms with E-state index in [-0.39, 0.29) is 29.6 Å². The molecule has 2 heterocycles. The Hall–Kier alpha value is -3.18. The highest BCUT2D eigenvalue weighted by atomic mass is 16.2. The molecule has 3 unspecified atom stereocenters. The normalized spacial score (nSPS) is 27.1. The fourth-order valence-corrected chi connectivity index (χ4v) is 5.95. The summed E-state index contributed by atoms with van der Waals surface area (Å²) in [6, 6.07) is -3.62. The van der Waals surface area contributed by atoms with Crippen molar-refractivity contribution in [2.75, 3.05) is 13.1 Å². The predicted molar refractivity (Wildman–Crippen MR) is 143 cm³/mol. The van der Waals surface area contributed by atoms with Gasteiger partial charge in [0.05, 0.1) is 6.04 Å². The van der Waals surface area contributed by atoms with Crippen molar-refractivity contribution in [2.45, 2.75) is 91.9 Å². The van der Waals surface area contributed by atoms with E-state index in [0.717, 1.165) is 0 Å². The third kappa shape index (κ3) is 6.52. The second-order valence-corrected chi connectivity index (χ2v) is 13.8. The van der Waals surface area contributed by atoms with E-state index >= 15 is 0 Å². The molecule has 3 rings (SSSR count). The predicted octanol–water partition coefficient (Wildman–Crippen LogP) is 0.0472. The molecule has 1 aliphatic carbocycles. The smallest absolute Gasteiger partial charge is 0.315 e. The molecule has 12 nitrogen and oxygen atoms in total. The second kappa shape index (κ2) is 10.4. The molecule has 0 spiro atoms. The Kier molecular flexibility index (Phi) is 8.11. The van der Waals surface area contributed by atoms with Crippen molar-refractivity contribution in [3.8, 4) is 0 Å². The summed E-state index contributed by atoms with van der Waals surface area (Å²) in [6.07, 6.45) is 0.412. The highest BCUT2D eigenvalue weighted by Crippen LogP contribution is 2.65. The lowest BCUT2D eigenvalue weighted by atomic mass is 9.85. The molecule has 1 saturated carbocycles. The second-order valence-electron chi connectivity index (χ2n) is 13.8. The molecule has 3 fully saturated rings. The number of piperidine rings is 1. The molecule has 0 aromatic rings. The van der Waals surface area contributed by atoms with Crippen molar-refractivity contribution >= 4 is 35.4 Å². The lowest BCUT2D eigenvalue weighted by Gasteiger charge is -2.38. The van der Waals surface area contributed by atoms with Crippen LogP contribution in [0.2, 0.25) is 0 Å². The van der Waals surface area contributed by atoms with E-state index in [1.807, 2.05) is 55.4 Å². The van der Waals surface area contributed by atoms with E-state index in [2.05, 4.69) is 21.3 Å². The van der Waals surface area contributed by atoms with Crippen LogP contribution in [-0.2, 0) is 24.0 Å². The highest BCUT2D eigenvalue weighted by molar-refractivity contribution is 6.38. The monoisotopic (exact) mass is 548 g/mol. The summed E-state index contributed by atoms with van der Waals surface area (Å²) in [7, 11) is 0. The first-order valence-corrected chi connectivity index (χ1v) is 13.6. The van der Waals surface area contributed by atoms with Gasteiger partial charge in [-0.25, -0.2) is 4.79 Å². The molecular weight excluding hydrogens is 504 g/mol. The fourth-order valence-electron chi connectivity index (χ4n) is 5.95. The summed E-state index contributed by atoms with van der Waals surface area (Å²) >= 11 is 0. The number of Topliss-reactive ketones (excluding diaryl/α,β-unsaturated/α-hetero) is 1. The van der Waals surface area contributed by atoms with Gasteiger partial charge in [0.25, 0.3) is 5.91 Å². The number of urea groups is 1. The Morgan fingerprint density at radius 2 is 1.69 bits per heavy atom. The SMILES string of the molecule is CC(C)(C)NC(=O)NC(C(=O)N1C[C@H]2[C@@H]([C@H]1C(=O)NC(CC1CCNC1=O)C(=O)C(N)=O)C2(C)C)C(C)(C)C. The lowest BCUT2D eigenvalue weighted by Crippen LogP contribution is -2.62. The molecule has 12 heteroatoms. The van der Waals surface area contributed by atoms with E-state index in [1.165, 1.54) is 4.90 Å². The molecule has 218 valence electrons. The number of primary amides is 1. The number of carbonyl (C=O) groups is 6. The fraction of sp³-hybridized carbons (Fsp3) is 0.778. The largest absolute Gasteiger partial charge is 0.363 e. The summed E-state index contributed by atoms with van der Waals surface area (Å²) in [5.74, 6) is -4.06. The average molecular weight is 549 g/mol. The standard InChI is InChI=1S/C27H44N6O6/c1-25(2,3)19(31-24(39)32-26(4,5)6)23(38)33-12-14-16(27(14,7)8)17(33)22(37)30-15(18(34)20(28)35)11-13-9-10-29-21(13)36/h13-17,19H,9-12H2,1-8H3,(H2,28,35)(H,29,36)(H,30,37)(H2,31,32,39)/t13?,14-,15?,16-,17-,19?/m0/s1. The van der Waals surface area contributed by atoms with Crippen LogP contribution in [0.3, 0.4) is 0 Å². The maximum atomic E-state index is 13.9. The molecule has 0 radical (unpaired) electrons. The van der Waals surface area contributed by atoms with E-state index in [9.17, 15) is 28.8 Å². The number of nitrogens with zero attached hydrogens (tertiary/aromatic N) is 1. The first-order valence-electron chi connectivity index (χ1n) is 13.6. The average Bonchev–Trinajstić information content (AvgIpc) is 3.14. The number of nitrogens with two attached hydrogens (primary N) is 1. The van der Waals surface area contributed by atoms with Crippen LogP contribution in [0.15, 0.2) is 0 Å². The number of likely N-dealkylation sites (tertiary alicyclic amines) is 1. The molecule has 0 bridgehead atoms. The molecule has 6 amide bonds. The molecule has 2 saturated heterocycles. The van der Waals surface area contributed by atoms with Gasteiger partial charge in [0.2, 0.25) is 23.5 Å². The van der Waals surface area contributed by atoms with Crippen molar-refractivity contribution in [3.63, 3.8) is 0 Å². The maximum absolute atomic E-state index is 13.9. The van der Waals surface area contributed by atoms with Crippen LogP contribution in [0.1, 0.15) is 68.2 Å². The van der Waals surface area contributed by atoms with Crippen molar-refractivity contribution in [3.05, 3.63) is 0 Å². The molecular formula is C27H44N6O6. The zero-order valence-electron chi connectivity index (χ0n) is 24.3. The van der Waals surface area contributed by atoms with Crippen LogP contribution in [0.25, 0.3) is 0 Å².